The van der Waals surface area contributed by atoms with Crippen LogP contribution in [0.5, 0.6) is 0 Å². The van der Waals surface area contributed by atoms with Crippen molar-refractivity contribution in [2.24, 2.45) is 0 Å². The Morgan fingerprint density at radius 2 is 0.750 bits per heavy atom. The fourth-order valence-corrected chi connectivity index (χ4v) is 0. The molecule has 0 aliphatic carbocycles. The van der Waals surface area contributed by atoms with Crippen molar-refractivity contribution in [2.75, 3.05) is 0 Å². The molecule has 0 aromatic carbocycles. The summed E-state index contributed by atoms with van der Waals surface area (Å²) in [6, 6.07) is 0. The van der Waals surface area contributed by atoms with E-state index in [0.29, 0.717) is 0 Å². The maximum Gasteiger partial charge on any atom is 2.00 e. The van der Waals surface area contributed by atoms with Gasteiger partial charge >= 0.3 is 48.9 Å². The summed E-state index contributed by atoms with van der Waals surface area (Å²) in [5.41, 5.74) is 0. The van der Waals surface area contributed by atoms with Crippen molar-refractivity contribution < 1.29 is 24.8 Å². The van der Waals surface area contributed by atoms with Crippen LogP contribution in [-0.2, 0) is 0 Å². The van der Waals surface area contributed by atoms with Crippen LogP contribution >= 0.6 is 12.4 Å². The topological polar surface area (TPSA) is 0 Å². The molecule has 0 aliphatic rings. The third-order valence-corrected chi connectivity index (χ3v) is 0. The Bertz CT molecular complexity index is 3.25. The Balaban J connectivity index is 0. The van der Waals surface area contributed by atoms with Crippen molar-refractivity contribution in [3.8, 4) is 0 Å². The summed E-state index contributed by atoms with van der Waals surface area (Å²) in [6.45, 7) is 0. The Morgan fingerprint density at radius 3 is 0.750 bits per heavy atom. The molecule has 4 heavy (non-hydrogen) atoms. The SMILES string of the molecule is Cl.[Ba+2].[Cl-].[Cl-]. The van der Waals surface area contributed by atoms with Crippen molar-refractivity contribution in [1.29, 1.82) is 0 Å². The van der Waals surface area contributed by atoms with Crippen LogP contribution in [0.2, 0.25) is 0 Å². The Morgan fingerprint density at radius 1 is 0.750 bits per heavy atom. The van der Waals surface area contributed by atoms with Crippen LogP contribution < -0.4 is 24.8 Å². The summed E-state index contributed by atoms with van der Waals surface area (Å²) in [5.74, 6) is 0. The van der Waals surface area contributed by atoms with Crippen LogP contribution in [0.15, 0.2) is 0 Å². The molecule has 0 heterocycles. The van der Waals surface area contributed by atoms with E-state index in [1.165, 1.54) is 0 Å². The van der Waals surface area contributed by atoms with Crippen LogP contribution in [-0.4, -0.2) is 48.9 Å². The molecule has 0 saturated heterocycles. The first kappa shape index (κ1) is 32.0. The summed E-state index contributed by atoms with van der Waals surface area (Å²) in [7, 11) is 0. The van der Waals surface area contributed by atoms with Crippen molar-refractivity contribution in [3.63, 3.8) is 0 Å². The fourth-order valence-electron chi connectivity index (χ4n) is 0. The van der Waals surface area contributed by atoms with Gasteiger partial charge in [-0.15, -0.1) is 12.4 Å². The van der Waals surface area contributed by atoms with Gasteiger partial charge in [0.25, 0.3) is 0 Å². The molecule has 0 fully saturated rings. The molecule has 24 valence electrons. The predicted molar refractivity (Wildman–Crippen MR) is 13.0 cm³/mol. The number of rotatable bonds is 0. The van der Waals surface area contributed by atoms with E-state index >= 15 is 0 Å². The van der Waals surface area contributed by atoms with Crippen LogP contribution in [0.25, 0.3) is 0 Å². The minimum absolute atomic E-state index is 0. The minimum Gasteiger partial charge on any atom is -1.00 e. The molecule has 0 aromatic rings. The van der Waals surface area contributed by atoms with Gasteiger partial charge in [-0.3, -0.25) is 0 Å². The number of hydrogen-bond donors (Lipinski definition) is 0. The molecule has 0 rings (SSSR count). The smallest absolute Gasteiger partial charge is 1.00 e. The van der Waals surface area contributed by atoms with Gasteiger partial charge in [0.15, 0.2) is 0 Å². The largest absolute Gasteiger partial charge is 2.00 e. The van der Waals surface area contributed by atoms with Gasteiger partial charge in [0, 0.05) is 0 Å². The molecule has 0 aliphatic heterocycles. The zero-order valence-electron chi connectivity index (χ0n) is 1.87. The molecule has 0 spiro atoms. The molecule has 4 heteroatoms. The van der Waals surface area contributed by atoms with Crippen molar-refractivity contribution in [2.45, 2.75) is 0 Å². The first-order valence-electron chi connectivity index (χ1n) is 0. The molecule has 0 unspecified atom stereocenters. The molecule has 0 aromatic heterocycles. The molecule has 0 saturated carbocycles. The molecule has 0 bridgehead atoms. The molecule has 0 radical (unpaired) electrons. The van der Waals surface area contributed by atoms with Gasteiger partial charge in [0.1, 0.15) is 0 Å². The van der Waals surface area contributed by atoms with Gasteiger partial charge < -0.3 is 24.8 Å². The van der Waals surface area contributed by atoms with Gasteiger partial charge in [-0.25, -0.2) is 0 Å². The van der Waals surface area contributed by atoms with E-state index in [4.69, 9.17) is 0 Å². The van der Waals surface area contributed by atoms with Crippen molar-refractivity contribution in [1.82, 2.24) is 0 Å². The summed E-state index contributed by atoms with van der Waals surface area (Å²) in [5, 5.41) is 0. The van der Waals surface area contributed by atoms with Gasteiger partial charge in [-0.1, -0.05) is 0 Å². The van der Waals surface area contributed by atoms with Crippen LogP contribution in [0.1, 0.15) is 0 Å². The Labute approximate surface area is 84.4 Å². The van der Waals surface area contributed by atoms with E-state index in [1.807, 2.05) is 0 Å². The molecular weight excluding hydrogens is 244 g/mol. The fraction of sp³-hybridized carbons (Fsp3) is 0. The average molecular weight is 245 g/mol. The van der Waals surface area contributed by atoms with Gasteiger partial charge in [0.2, 0.25) is 0 Å². The first-order chi connectivity index (χ1) is 0. The number of hydrogen-bond acceptors (Lipinski definition) is 0. The molecule has 0 amide bonds. The van der Waals surface area contributed by atoms with Crippen LogP contribution in [0.4, 0.5) is 0 Å². The quantitative estimate of drug-likeness (QED) is 0.373. The third kappa shape index (κ3) is 8.82. The second-order valence-corrected chi connectivity index (χ2v) is 0. The van der Waals surface area contributed by atoms with Crippen LogP contribution in [0.3, 0.4) is 0 Å². The second kappa shape index (κ2) is 18.0. The molecule has 0 nitrogen and oxygen atoms in total. The Kier molecular flexibility index (Phi) is 144. The zero-order valence-corrected chi connectivity index (χ0v) is 8.64. The molecular formula is HBaCl3. The van der Waals surface area contributed by atoms with E-state index in [0.717, 1.165) is 0 Å². The van der Waals surface area contributed by atoms with E-state index < -0.39 is 0 Å². The van der Waals surface area contributed by atoms with Crippen molar-refractivity contribution >= 4 is 61.3 Å². The summed E-state index contributed by atoms with van der Waals surface area (Å²) in [6.07, 6.45) is 0. The van der Waals surface area contributed by atoms with Gasteiger partial charge in [-0.05, 0) is 0 Å². The van der Waals surface area contributed by atoms with Gasteiger partial charge in [-0.2, -0.15) is 0 Å². The van der Waals surface area contributed by atoms with Crippen molar-refractivity contribution in [3.05, 3.63) is 0 Å². The maximum absolute atomic E-state index is 0. The first-order valence-corrected chi connectivity index (χ1v) is 0. The third-order valence-electron chi connectivity index (χ3n) is 0. The molecule has 0 N–H and O–H groups in total. The molecule has 0 atom stereocenters. The normalized spacial score (nSPS) is 0. The van der Waals surface area contributed by atoms with Crippen LogP contribution in [0, 0.1) is 0 Å². The van der Waals surface area contributed by atoms with E-state index in [9.17, 15) is 0 Å². The standard InChI is InChI=1S/Ba.3ClH/h;3*1H/q+2;;;/p-2. The summed E-state index contributed by atoms with van der Waals surface area (Å²) >= 11 is 0. The number of halogens is 3. The van der Waals surface area contributed by atoms with E-state index in [-0.39, 0.29) is 86.1 Å². The minimum atomic E-state index is 0. The maximum atomic E-state index is 0. The zero-order chi connectivity index (χ0) is 0. The van der Waals surface area contributed by atoms with E-state index in [2.05, 4.69) is 0 Å². The van der Waals surface area contributed by atoms with Gasteiger partial charge in [0.05, 0.1) is 0 Å². The summed E-state index contributed by atoms with van der Waals surface area (Å²) in [4.78, 5) is 0. The average Bonchev–Trinajstić information content (AvgIpc) is 0. The monoisotopic (exact) mass is 244 g/mol. The Hall–Kier alpha value is 2.44. The summed E-state index contributed by atoms with van der Waals surface area (Å²) < 4.78 is 0. The second-order valence-electron chi connectivity index (χ2n) is 0. The van der Waals surface area contributed by atoms with E-state index in [1.54, 1.807) is 0 Å². The predicted octanol–water partition coefficient (Wildman–Crippen LogP) is -5.95.